The van der Waals surface area contributed by atoms with E-state index in [9.17, 15) is 9.90 Å². The third kappa shape index (κ3) is 4.58. The summed E-state index contributed by atoms with van der Waals surface area (Å²) < 4.78 is 11.4. The molecule has 5 nitrogen and oxygen atoms in total. The minimum Gasteiger partial charge on any atom is -0.489 e. The van der Waals surface area contributed by atoms with E-state index in [-0.39, 0.29) is 5.63 Å². The molecule has 0 bridgehead atoms. The SMILES string of the molecule is Cc1c(C)c2ccc(OCc3cccc(CN4CCC(CO)CC4)c3)cc2oc1=O. The van der Waals surface area contributed by atoms with Crippen molar-refractivity contribution in [2.45, 2.75) is 39.8 Å². The molecule has 0 saturated carbocycles. The number of hydrogen-bond acceptors (Lipinski definition) is 5. The number of aryl methyl sites for hydroxylation is 1. The van der Waals surface area contributed by atoms with E-state index in [2.05, 4.69) is 29.2 Å². The molecule has 0 unspecified atom stereocenters. The Hall–Kier alpha value is -2.63. The summed E-state index contributed by atoms with van der Waals surface area (Å²) in [4.78, 5) is 14.4. The van der Waals surface area contributed by atoms with E-state index in [1.54, 1.807) is 13.0 Å². The zero-order chi connectivity index (χ0) is 21.1. The molecule has 1 aliphatic heterocycles. The molecule has 0 spiro atoms. The average molecular weight is 408 g/mol. The number of fused-ring (bicyclic) bond motifs is 1. The van der Waals surface area contributed by atoms with Gasteiger partial charge in [-0.2, -0.15) is 0 Å². The van der Waals surface area contributed by atoms with E-state index < -0.39 is 0 Å². The molecule has 5 heteroatoms. The fraction of sp³-hybridized carbons (Fsp3) is 0.400. The van der Waals surface area contributed by atoms with E-state index in [1.165, 1.54) is 5.56 Å². The van der Waals surface area contributed by atoms with Crippen molar-refractivity contribution in [1.82, 2.24) is 4.90 Å². The van der Waals surface area contributed by atoms with Gasteiger partial charge in [-0.1, -0.05) is 24.3 Å². The predicted molar refractivity (Wildman–Crippen MR) is 118 cm³/mol. The molecule has 158 valence electrons. The highest BCUT2D eigenvalue weighted by atomic mass is 16.5. The molecule has 1 fully saturated rings. The van der Waals surface area contributed by atoms with E-state index in [0.717, 1.165) is 49.0 Å². The van der Waals surface area contributed by atoms with Crippen LogP contribution in [0.1, 0.15) is 35.1 Å². The van der Waals surface area contributed by atoms with Crippen molar-refractivity contribution in [2.75, 3.05) is 19.7 Å². The van der Waals surface area contributed by atoms with Gasteiger partial charge < -0.3 is 14.3 Å². The number of aliphatic hydroxyl groups excluding tert-OH is 1. The molecule has 0 aliphatic carbocycles. The summed E-state index contributed by atoms with van der Waals surface area (Å²) in [5, 5.41) is 10.2. The van der Waals surface area contributed by atoms with Crippen molar-refractivity contribution in [3.63, 3.8) is 0 Å². The fourth-order valence-electron chi connectivity index (χ4n) is 4.09. The van der Waals surface area contributed by atoms with Crippen LogP contribution < -0.4 is 10.4 Å². The lowest BCUT2D eigenvalue weighted by atomic mass is 9.97. The van der Waals surface area contributed by atoms with Gasteiger partial charge in [-0.15, -0.1) is 0 Å². The van der Waals surface area contributed by atoms with Crippen LogP contribution in [0.25, 0.3) is 11.0 Å². The van der Waals surface area contributed by atoms with Crippen LogP contribution in [0.3, 0.4) is 0 Å². The van der Waals surface area contributed by atoms with Crippen LogP contribution in [-0.4, -0.2) is 29.7 Å². The van der Waals surface area contributed by atoms with Gasteiger partial charge in [-0.05, 0) is 74.5 Å². The molecule has 1 aromatic heterocycles. The Balaban J connectivity index is 1.41. The number of piperidine rings is 1. The van der Waals surface area contributed by atoms with E-state index in [0.29, 0.717) is 36.0 Å². The summed E-state index contributed by atoms with van der Waals surface area (Å²) in [5.41, 5.74) is 4.24. The van der Waals surface area contributed by atoms with Gasteiger partial charge in [0.1, 0.15) is 17.9 Å². The Kier molecular flexibility index (Phi) is 6.21. The van der Waals surface area contributed by atoms with Gasteiger partial charge in [0.2, 0.25) is 0 Å². The summed E-state index contributed by atoms with van der Waals surface area (Å²) in [6.45, 7) is 7.48. The third-order valence-corrected chi connectivity index (χ3v) is 6.20. The summed E-state index contributed by atoms with van der Waals surface area (Å²) in [7, 11) is 0. The lowest BCUT2D eigenvalue weighted by Gasteiger charge is -2.31. The van der Waals surface area contributed by atoms with Crippen LogP contribution >= 0.6 is 0 Å². The highest BCUT2D eigenvalue weighted by Crippen LogP contribution is 2.25. The summed E-state index contributed by atoms with van der Waals surface area (Å²) >= 11 is 0. The Morgan fingerprint density at radius 3 is 2.60 bits per heavy atom. The summed E-state index contributed by atoms with van der Waals surface area (Å²) in [6, 6.07) is 14.1. The van der Waals surface area contributed by atoms with Crippen molar-refractivity contribution < 1.29 is 14.3 Å². The Morgan fingerprint density at radius 2 is 1.83 bits per heavy atom. The number of benzene rings is 2. The Labute approximate surface area is 176 Å². The normalized spacial score (nSPS) is 15.6. The number of nitrogens with zero attached hydrogens (tertiary/aromatic N) is 1. The molecule has 2 heterocycles. The number of rotatable bonds is 6. The van der Waals surface area contributed by atoms with Gasteiger partial charge in [0.05, 0.1) is 0 Å². The van der Waals surface area contributed by atoms with Gasteiger partial charge in [-0.25, -0.2) is 4.79 Å². The highest BCUT2D eigenvalue weighted by Gasteiger charge is 2.18. The second kappa shape index (κ2) is 9.02. The van der Waals surface area contributed by atoms with Crippen molar-refractivity contribution in [3.05, 3.63) is 75.1 Å². The minimum absolute atomic E-state index is 0.298. The van der Waals surface area contributed by atoms with Gasteiger partial charge in [-0.3, -0.25) is 4.90 Å². The molecular weight excluding hydrogens is 378 g/mol. The molecule has 1 N–H and O–H groups in total. The molecule has 0 radical (unpaired) electrons. The van der Waals surface area contributed by atoms with Crippen molar-refractivity contribution >= 4 is 11.0 Å². The van der Waals surface area contributed by atoms with Crippen LogP contribution in [0.4, 0.5) is 0 Å². The van der Waals surface area contributed by atoms with Crippen LogP contribution in [0.15, 0.2) is 51.7 Å². The van der Waals surface area contributed by atoms with Crippen molar-refractivity contribution in [2.24, 2.45) is 5.92 Å². The smallest absolute Gasteiger partial charge is 0.339 e. The fourth-order valence-corrected chi connectivity index (χ4v) is 4.09. The summed E-state index contributed by atoms with van der Waals surface area (Å²) in [6.07, 6.45) is 2.13. The molecule has 2 aromatic carbocycles. The van der Waals surface area contributed by atoms with Gasteiger partial charge in [0, 0.05) is 30.2 Å². The zero-order valence-electron chi connectivity index (χ0n) is 17.7. The zero-order valence-corrected chi connectivity index (χ0v) is 17.7. The number of likely N-dealkylation sites (tertiary alicyclic amines) is 1. The van der Waals surface area contributed by atoms with Gasteiger partial charge >= 0.3 is 5.63 Å². The predicted octanol–water partition coefficient (Wildman–Crippen LogP) is 4.19. The molecular formula is C25H29NO4. The molecule has 1 aliphatic rings. The van der Waals surface area contributed by atoms with Gasteiger partial charge in [0.15, 0.2) is 0 Å². The number of hydrogen-bond donors (Lipinski definition) is 1. The van der Waals surface area contributed by atoms with Crippen LogP contribution in [0.5, 0.6) is 5.75 Å². The first-order chi connectivity index (χ1) is 14.5. The van der Waals surface area contributed by atoms with E-state index in [1.807, 2.05) is 19.1 Å². The first kappa shape index (κ1) is 20.6. The molecule has 3 aromatic rings. The van der Waals surface area contributed by atoms with Crippen LogP contribution in [0.2, 0.25) is 0 Å². The number of ether oxygens (including phenoxy) is 1. The Morgan fingerprint density at radius 1 is 1.07 bits per heavy atom. The maximum absolute atomic E-state index is 12.0. The van der Waals surface area contributed by atoms with Crippen LogP contribution in [-0.2, 0) is 13.2 Å². The average Bonchev–Trinajstić information content (AvgIpc) is 2.77. The molecule has 4 rings (SSSR count). The van der Waals surface area contributed by atoms with Gasteiger partial charge in [0.25, 0.3) is 0 Å². The minimum atomic E-state index is -0.298. The largest absolute Gasteiger partial charge is 0.489 e. The first-order valence-electron chi connectivity index (χ1n) is 10.6. The molecule has 0 amide bonds. The van der Waals surface area contributed by atoms with Crippen LogP contribution in [0, 0.1) is 19.8 Å². The quantitative estimate of drug-likeness (QED) is 0.621. The molecule has 0 atom stereocenters. The first-order valence-corrected chi connectivity index (χ1v) is 10.6. The standard InChI is InChI=1S/C25H29NO4/c1-17-18(2)25(28)30-24-13-22(6-7-23(17)24)29-16-21-5-3-4-20(12-21)14-26-10-8-19(15-27)9-11-26/h3-7,12-13,19,27H,8-11,14-16H2,1-2H3. The molecule has 1 saturated heterocycles. The number of aliphatic hydroxyl groups is 1. The van der Waals surface area contributed by atoms with E-state index in [4.69, 9.17) is 9.15 Å². The monoisotopic (exact) mass is 407 g/mol. The maximum Gasteiger partial charge on any atom is 0.339 e. The molecule has 30 heavy (non-hydrogen) atoms. The second-order valence-electron chi connectivity index (χ2n) is 8.31. The lowest BCUT2D eigenvalue weighted by molar-refractivity contribution is 0.127. The lowest BCUT2D eigenvalue weighted by Crippen LogP contribution is -2.34. The highest BCUT2D eigenvalue weighted by molar-refractivity contribution is 5.82. The Bertz CT molecular complexity index is 1080. The topological polar surface area (TPSA) is 62.9 Å². The van der Waals surface area contributed by atoms with E-state index >= 15 is 0 Å². The maximum atomic E-state index is 12.0. The van der Waals surface area contributed by atoms with Crippen molar-refractivity contribution in [3.8, 4) is 5.75 Å². The second-order valence-corrected chi connectivity index (χ2v) is 8.31. The summed E-state index contributed by atoms with van der Waals surface area (Å²) in [5.74, 6) is 1.14. The van der Waals surface area contributed by atoms with Crippen molar-refractivity contribution in [1.29, 1.82) is 0 Å². The third-order valence-electron chi connectivity index (χ3n) is 6.20.